The van der Waals surface area contributed by atoms with E-state index in [1.54, 1.807) is 0 Å². The van der Waals surface area contributed by atoms with Gasteiger partial charge in [0.15, 0.2) is 6.23 Å². The Balaban J connectivity index is 1.40. The minimum absolute atomic E-state index is 0.348. The van der Waals surface area contributed by atoms with Crippen LogP contribution in [0.15, 0.2) is 42.9 Å². The zero-order valence-corrected chi connectivity index (χ0v) is 20.0. The Morgan fingerprint density at radius 2 is 1.91 bits per heavy atom. The number of nitrogens with zero attached hydrogens (tertiary/aromatic N) is 3. The van der Waals surface area contributed by atoms with Crippen LogP contribution in [0.1, 0.15) is 30.2 Å². The molecule has 0 amide bonds. The smallest absolute Gasteiger partial charge is 0.177 e. The van der Waals surface area contributed by atoms with E-state index in [9.17, 15) is 0 Å². The number of halogens is 2. The molecule has 5 rings (SSSR count). The molecule has 0 aliphatic carbocycles. The summed E-state index contributed by atoms with van der Waals surface area (Å²) in [5, 5.41) is 12.7. The molecule has 176 valence electrons. The Bertz CT molecular complexity index is 1300. The Morgan fingerprint density at radius 3 is 2.65 bits per heavy atom. The molecule has 10 heteroatoms. The van der Waals surface area contributed by atoms with Gasteiger partial charge in [0, 0.05) is 54.4 Å². The summed E-state index contributed by atoms with van der Waals surface area (Å²) in [7, 11) is 0. The van der Waals surface area contributed by atoms with Crippen molar-refractivity contribution >= 4 is 39.9 Å². The summed E-state index contributed by atoms with van der Waals surface area (Å²) in [5.41, 5.74) is 10.3. The molecule has 4 aromatic rings. The van der Waals surface area contributed by atoms with Crippen LogP contribution in [-0.4, -0.2) is 39.4 Å². The highest BCUT2D eigenvalue weighted by molar-refractivity contribution is 6.35. The lowest BCUT2D eigenvalue weighted by molar-refractivity contribution is 0.0904. The molecule has 1 saturated heterocycles. The highest BCUT2D eigenvalue weighted by Crippen LogP contribution is 2.34. The first-order chi connectivity index (χ1) is 16.5. The molecule has 0 bridgehead atoms. The summed E-state index contributed by atoms with van der Waals surface area (Å²) in [4.78, 5) is 8.63. The monoisotopic (exact) mass is 498 g/mol. The average molecular weight is 499 g/mol. The van der Waals surface area contributed by atoms with E-state index in [0.717, 1.165) is 59.6 Å². The van der Waals surface area contributed by atoms with Crippen molar-refractivity contribution in [3.05, 3.63) is 64.0 Å². The van der Waals surface area contributed by atoms with Gasteiger partial charge < -0.3 is 14.8 Å². The van der Waals surface area contributed by atoms with E-state index in [-0.39, 0.29) is 0 Å². The third kappa shape index (κ3) is 4.67. The van der Waals surface area contributed by atoms with E-state index in [0.29, 0.717) is 27.4 Å². The summed E-state index contributed by atoms with van der Waals surface area (Å²) in [6, 6.07) is 8.06. The van der Waals surface area contributed by atoms with Gasteiger partial charge in [0.1, 0.15) is 17.3 Å². The molecule has 34 heavy (non-hydrogen) atoms. The molecule has 8 nitrogen and oxygen atoms in total. The van der Waals surface area contributed by atoms with E-state index in [1.165, 1.54) is 12.4 Å². The number of nitrogens with one attached hydrogen (secondary N) is 2. The van der Waals surface area contributed by atoms with Crippen LogP contribution in [0.2, 0.25) is 10.0 Å². The normalized spacial score (nSPS) is 15.4. The average Bonchev–Trinajstić information content (AvgIpc) is 3.24. The number of aromatic amines is 1. The molecular formula is C24H24Cl2N6O2. The van der Waals surface area contributed by atoms with Gasteiger partial charge in [-0.2, -0.15) is 5.10 Å². The van der Waals surface area contributed by atoms with Crippen LogP contribution < -0.4 is 15.8 Å². The zero-order chi connectivity index (χ0) is 23.7. The zero-order valence-electron chi connectivity index (χ0n) is 18.5. The maximum absolute atomic E-state index is 6.24. The summed E-state index contributed by atoms with van der Waals surface area (Å²) in [5.74, 6) is 1.45. The van der Waals surface area contributed by atoms with Crippen molar-refractivity contribution in [2.75, 3.05) is 18.5 Å². The first kappa shape index (κ1) is 22.9. The van der Waals surface area contributed by atoms with Gasteiger partial charge in [-0.05, 0) is 49.6 Å². The molecule has 0 unspecified atom stereocenters. The number of aryl methyl sites for hydroxylation is 1. The summed E-state index contributed by atoms with van der Waals surface area (Å²) >= 11 is 12.4. The van der Waals surface area contributed by atoms with E-state index < -0.39 is 6.23 Å². The maximum atomic E-state index is 6.24. The lowest BCUT2D eigenvalue weighted by Crippen LogP contribution is -2.28. The molecule has 1 aliphatic heterocycles. The number of fused-ring (bicyclic) bond motifs is 1. The van der Waals surface area contributed by atoms with Gasteiger partial charge in [-0.3, -0.25) is 15.8 Å². The second-order valence-electron chi connectivity index (χ2n) is 8.26. The van der Waals surface area contributed by atoms with Crippen LogP contribution in [0.5, 0.6) is 5.75 Å². The number of anilines is 1. The van der Waals surface area contributed by atoms with Crippen molar-refractivity contribution in [3.63, 3.8) is 0 Å². The second-order valence-corrected chi connectivity index (χ2v) is 9.07. The standard InChI is InChI=1S/C24H24Cl2N6O2/c1-13-8-14(10-29-24(13)30-15-4-6-33-7-5-15)22-17-9-16(2-3-20(17)31-32-22)34-23(27)21-18(25)11-28-12-19(21)26/h2-3,8-12,15,23H,4-7,27H2,1H3,(H,29,30)(H,31,32)/t23-/m0/s1. The minimum atomic E-state index is -0.852. The van der Waals surface area contributed by atoms with Crippen LogP contribution in [0.3, 0.4) is 0 Å². The molecule has 1 atom stereocenters. The quantitative estimate of drug-likeness (QED) is 0.310. The number of H-pyrrole nitrogens is 1. The van der Waals surface area contributed by atoms with Gasteiger partial charge in [0.2, 0.25) is 0 Å². The SMILES string of the molecule is Cc1cc(-c2n[nH]c3ccc(O[C@H](N)c4c(Cl)cncc4Cl)cc23)cnc1NC1CCOCC1. The van der Waals surface area contributed by atoms with Gasteiger partial charge in [0.05, 0.1) is 15.6 Å². The predicted octanol–water partition coefficient (Wildman–Crippen LogP) is 5.26. The summed E-state index contributed by atoms with van der Waals surface area (Å²) in [6.45, 7) is 3.60. The molecule has 0 radical (unpaired) electrons. The van der Waals surface area contributed by atoms with Crippen LogP contribution in [-0.2, 0) is 4.74 Å². The van der Waals surface area contributed by atoms with Gasteiger partial charge in [0.25, 0.3) is 0 Å². The number of ether oxygens (including phenoxy) is 2. The Hall–Kier alpha value is -2.91. The molecule has 1 aromatic carbocycles. The van der Waals surface area contributed by atoms with Crippen molar-refractivity contribution in [3.8, 4) is 17.0 Å². The van der Waals surface area contributed by atoms with E-state index in [2.05, 4.69) is 31.5 Å². The largest absolute Gasteiger partial charge is 0.471 e. The highest BCUT2D eigenvalue weighted by Gasteiger charge is 2.19. The van der Waals surface area contributed by atoms with Crippen LogP contribution in [0.25, 0.3) is 22.2 Å². The minimum Gasteiger partial charge on any atom is -0.471 e. The number of aromatic nitrogens is 4. The van der Waals surface area contributed by atoms with Gasteiger partial charge in [-0.15, -0.1) is 0 Å². The van der Waals surface area contributed by atoms with E-state index in [4.69, 9.17) is 38.4 Å². The molecule has 1 fully saturated rings. The molecule has 1 aliphatic rings. The molecule has 0 spiro atoms. The molecule has 4 heterocycles. The van der Waals surface area contributed by atoms with Gasteiger partial charge >= 0.3 is 0 Å². The molecule has 3 aromatic heterocycles. The highest BCUT2D eigenvalue weighted by atomic mass is 35.5. The lowest BCUT2D eigenvalue weighted by Gasteiger charge is -2.24. The Labute approximate surface area is 206 Å². The third-order valence-electron chi connectivity index (χ3n) is 5.89. The first-order valence-electron chi connectivity index (χ1n) is 11.0. The van der Waals surface area contributed by atoms with Gasteiger partial charge in [-0.25, -0.2) is 4.98 Å². The lowest BCUT2D eigenvalue weighted by atomic mass is 10.1. The topological polar surface area (TPSA) is 111 Å². The second kappa shape index (κ2) is 9.76. The maximum Gasteiger partial charge on any atom is 0.177 e. The van der Waals surface area contributed by atoms with Crippen molar-refractivity contribution < 1.29 is 9.47 Å². The fraction of sp³-hybridized carbons (Fsp3) is 0.292. The number of benzene rings is 1. The van der Waals surface area contributed by atoms with Crippen LogP contribution in [0.4, 0.5) is 5.82 Å². The first-order valence-corrected chi connectivity index (χ1v) is 11.8. The fourth-order valence-electron chi connectivity index (χ4n) is 4.08. The number of hydrogen-bond donors (Lipinski definition) is 3. The molecule has 0 saturated carbocycles. The third-order valence-corrected chi connectivity index (χ3v) is 6.49. The summed E-state index contributed by atoms with van der Waals surface area (Å²) in [6.07, 6.45) is 5.91. The molecular weight excluding hydrogens is 475 g/mol. The predicted molar refractivity (Wildman–Crippen MR) is 133 cm³/mol. The van der Waals surface area contributed by atoms with E-state index >= 15 is 0 Å². The molecule has 4 N–H and O–H groups in total. The van der Waals surface area contributed by atoms with Crippen LogP contribution in [0, 0.1) is 6.92 Å². The number of hydrogen-bond acceptors (Lipinski definition) is 7. The number of nitrogens with two attached hydrogens (primary N) is 1. The summed E-state index contributed by atoms with van der Waals surface area (Å²) < 4.78 is 11.4. The van der Waals surface area contributed by atoms with Gasteiger partial charge in [-0.1, -0.05) is 23.2 Å². The van der Waals surface area contributed by atoms with Crippen molar-refractivity contribution in [2.45, 2.75) is 32.0 Å². The van der Waals surface area contributed by atoms with Crippen molar-refractivity contribution in [1.82, 2.24) is 20.2 Å². The fourth-order valence-corrected chi connectivity index (χ4v) is 4.66. The number of rotatable bonds is 6. The van der Waals surface area contributed by atoms with Crippen LogP contribution >= 0.6 is 23.2 Å². The number of pyridine rings is 2. The van der Waals surface area contributed by atoms with Crippen molar-refractivity contribution in [1.29, 1.82) is 0 Å². The van der Waals surface area contributed by atoms with Crippen molar-refractivity contribution in [2.24, 2.45) is 5.73 Å². The van der Waals surface area contributed by atoms with E-state index in [1.807, 2.05) is 31.3 Å². The Morgan fingerprint density at radius 1 is 1.15 bits per heavy atom. The Kier molecular flexibility index (Phi) is 6.56.